The smallest absolute Gasteiger partial charge is 0.137 e. The molecule has 1 aromatic carbocycles. The SMILES string of the molecule is CC(=O)C1C=C(C2=CC=CC2)CC1c1ccc(C)cc1. The molecule has 2 unspecified atom stereocenters. The zero-order chi connectivity index (χ0) is 14.1. The zero-order valence-corrected chi connectivity index (χ0v) is 12.1. The fourth-order valence-electron chi connectivity index (χ4n) is 3.23. The molecule has 2 aliphatic rings. The first-order valence-corrected chi connectivity index (χ1v) is 7.29. The predicted octanol–water partition coefficient (Wildman–Crippen LogP) is 4.50. The minimum Gasteiger partial charge on any atom is -0.299 e. The van der Waals surface area contributed by atoms with E-state index in [0.29, 0.717) is 5.92 Å². The Morgan fingerprint density at radius 1 is 1.15 bits per heavy atom. The van der Waals surface area contributed by atoms with Gasteiger partial charge in [0.15, 0.2) is 0 Å². The summed E-state index contributed by atoms with van der Waals surface area (Å²) in [6.07, 6.45) is 10.7. The van der Waals surface area contributed by atoms with E-state index in [4.69, 9.17) is 0 Å². The van der Waals surface area contributed by atoms with Gasteiger partial charge in [-0.1, -0.05) is 54.1 Å². The molecule has 102 valence electrons. The highest BCUT2D eigenvalue weighted by molar-refractivity contribution is 5.82. The maximum absolute atomic E-state index is 12.0. The number of aryl methyl sites for hydroxylation is 1. The van der Waals surface area contributed by atoms with Gasteiger partial charge in [-0.15, -0.1) is 0 Å². The second kappa shape index (κ2) is 5.24. The molecule has 1 nitrogen and oxygen atoms in total. The highest BCUT2D eigenvalue weighted by atomic mass is 16.1. The molecule has 0 radical (unpaired) electrons. The van der Waals surface area contributed by atoms with Crippen molar-refractivity contribution in [1.29, 1.82) is 0 Å². The average molecular weight is 264 g/mol. The van der Waals surface area contributed by atoms with E-state index in [1.54, 1.807) is 6.92 Å². The maximum atomic E-state index is 12.0. The molecular weight excluding hydrogens is 244 g/mol. The average Bonchev–Trinajstić information content (AvgIpc) is 3.08. The van der Waals surface area contributed by atoms with Gasteiger partial charge in [0.2, 0.25) is 0 Å². The van der Waals surface area contributed by atoms with Crippen molar-refractivity contribution >= 4 is 5.78 Å². The summed E-state index contributed by atoms with van der Waals surface area (Å²) in [6.45, 7) is 3.81. The van der Waals surface area contributed by atoms with Crippen molar-refractivity contribution in [2.75, 3.05) is 0 Å². The van der Waals surface area contributed by atoms with Gasteiger partial charge in [0.05, 0.1) is 0 Å². The Morgan fingerprint density at radius 2 is 1.90 bits per heavy atom. The normalized spacial score (nSPS) is 24.7. The minimum atomic E-state index is 0.0363. The topological polar surface area (TPSA) is 17.1 Å². The number of hydrogen-bond donors (Lipinski definition) is 0. The molecule has 0 saturated carbocycles. The Labute approximate surface area is 120 Å². The first-order chi connectivity index (χ1) is 9.65. The van der Waals surface area contributed by atoms with Crippen LogP contribution < -0.4 is 0 Å². The molecule has 0 aliphatic heterocycles. The quantitative estimate of drug-likeness (QED) is 0.785. The number of benzene rings is 1. The number of hydrogen-bond acceptors (Lipinski definition) is 1. The largest absolute Gasteiger partial charge is 0.299 e. The van der Waals surface area contributed by atoms with Crippen LogP contribution in [0.2, 0.25) is 0 Å². The van der Waals surface area contributed by atoms with Crippen molar-refractivity contribution in [2.45, 2.75) is 32.6 Å². The summed E-state index contributed by atoms with van der Waals surface area (Å²) < 4.78 is 0. The van der Waals surface area contributed by atoms with Crippen LogP contribution in [0.25, 0.3) is 0 Å². The Bertz CT molecular complexity index is 614. The van der Waals surface area contributed by atoms with E-state index < -0.39 is 0 Å². The molecule has 0 saturated heterocycles. The summed E-state index contributed by atoms with van der Waals surface area (Å²) in [7, 11) is 0. The lowest BCUT2D eigenvalue weighted by Gasteiger charge is -2.17. The number of ketones is 1. The van der Waals surface area contributed by atoms with Gasteiger partial charge in [0.25, 0.3) is 0 Å². The number of Topliss-reactive ketones (excluding diaryl/α,β-unsaturated/α-hetero) is 1. The highest BCUT2D eigenvalue weighted by Crippen LogP contribution is 2.43. The van der Waals surface area contributed by atoms with E-state index in [1.807, 2.05) is 0 Å². The van der Waals surface area contributed by atoms with E-state index in [-0.39, 0.29) is 11.7 Å². The van der Waals surface area contributed by atoms with Crippen molar-refractivity contribution in [3.05, 3.63) is 70.8 Å². The second-order valence-corrected chi connectivity index (χ2v) is 5.87. The standard InChI is InChI=1S/C19H20O/c1-13-7-9-16(10-8-13)19-12-17(11-18(19)14(2)20)15-5-3-4-6-15/h3-5,7-11,18-19H,6,12H2,1-2H3. The molecule has 3 rings (SSSR count). The lowest BCUT2D eigenvalue weighted by atomic mass is 9.85. The molecule has 0 spiro atoms. The first-order valence-electron chi connectivity index (χ1n) is 7.29. The van der Waals surface area contributed by atoms with Crippen LogP contribution in [0.5, 0.6) is 0 Å². The summed E-state index contributed by atoms with van der Waals surface area (Å²) in [5.41, 5.74) is 5.29. The van der Waals surface area contributed by atoms with E-state index >= 15 is 0 Å². The van der Waals surface area contributed by atoms with Crippen LogP contribution in [0.1, 0.15) is 36.8 Å². The summed E-state index contributed by atoms with van der Waals surface area (Å²) in [6, 6.07) is 8.63. The maximum Gasteiger partial charge on any atom is 0.137 e. The third-order valence-corrected chi connectivity index (χ3v) is 4.41. The van der Waals surface area contributed by atoms with Gasteiger partial charge in [-0.2, -0.15) is 0 Å². The number of carbonyl (C=O) groups excluding carboxylic acids is 1. The molecule has 0 heterocycles. The minimum absolute atomic E-state index is 0.0363. The fourth-order valence-corrected chi connectivity index (χ4v) is 3.23. The van der Waals surface area contributed by atoms with E-state index in [2.05, 4.69) is 55.5 Å². The second-order valence-electron chi connectivity index (χ2n) is 5.87. The molecule has 2 aliphatic carbocycles. The molecule has 0 aromatic heterocycles. The van der Waals surface area contributed by atoms with E-state index in [0.717, 1.165) is 12.8 Å². The number of rotatable bonds is 3. The van der Waals surface area contributed by atoms with Gasteiger partial charge < -0.3 is 0 Å². The lowest BCUT2D eigenvalue weighted by Crippen LogP contribution is -2.14. The van der Waals surface area contributed by atoms with E-state index in [1.165, 1.54) is 22.3 Å². The first kappa shape index (κ1) is 13.1. The van der Waals surface area contributed by atoms with Crippen LogP contribution in [-0.2, 0) is 4.79 Å². The van der Waals surface area contributed by atoms with Gasteiger partial charge in [-0.25, -0.2) is 0 Å². The monoisotopic (exact) mass is 264 g/mol. The van der Waals surface area contributed by atoms with Crippen LogP contribution in [-0.4, -0.2) is 5.78 Å². The molecule has 1 aromatic rings. The molecule has 0 fully saturated rings. The number of carbonyl (C=O) groups is 1. The summed E-state index contributed by atoms with van der Waals surface area (Å²) >= 11 is 0. The zero-order valence-electron chi connectivity index (χ0n) is 12.1. The summed E-state index contributed by atoms with van der Waals surface area (Å²) in [4.78, 5) is 12.0. The molecular formula is C19H20O. The van der Waals surface area contributed by atoms with Crippen LogP contribution >= 0.6 is 0 Å². The lowest BCUT2D eigenvalue weighted by molar-refractivity contribution is -0.119. The van der Waals surface area contributed by atoms with Crippen LogP contribution in [0.4, 0.5) is 0 Å². The van der Waals surface area contributed by atoms with Gasteiger partial charge in [-0.05, 0) is 43.4 Å². The third kappa shape index (κ3) is 2.40. The van der Waals surface area contributed by atoms with Gasteiger partial charge >= 0.3 is 0 Å². The third-order valence-electron chi connectivity index (χ3n) is 4.41. The van der Waals surface area contributed by atoms with Crippen LogP contribution in [0.3, 0.4) is 0 Å². The predicted molar refractivity (Wildman–Crippen MR) is 82.6 cm³/mol. The van der Waals surface area contributed by atoms with Crippen LogP contribution in [0.15, 0.2) is 59.7 Å². The molecule has 2 atom stereocenters. The van der Waals surface area contributed by atoms with Crippen LogP contribution in [0, 0.1) is 12.8 Å². The fraction of sp³-hybridized carbons (Fsp3) is 0.316. The Kier molecular flexibility index (Phi) is 3.43. The highest BCUT2D eigenvalue weighted by Gasteiger charge is 2.32. The Balaban J connectivity index is 1.88. The van der Waals surface area contributed by atoms with Crippen molar-refractivity contribution < 1.29 is 4.79 Å². The van der Waals surface area contributed by atoms with Crippen molar-refractivity contribution in [3.8, 4) is 0 Å². The van der Waals surface area contributed by atoms with Crippen molar-refractivity contribution in [2.24, 2.45) is 5.92 Å². The van der Waals surface area contributed by atoms with Gasteiger partial charge in [-0.3, -0.25) is 4.79 Å². The molecule has 1 heteroatoms. The summed E-state index contributed by atoms with van der Waals surface area (Å²) in [5.74, 6) is 0.621. The molecule has 20 heavy (non-hydrogen) atoms. The van der Waals surface area contributed by atoms with Gasteiger partial charge in [0, 0.05) is 11.8 Å². The Morgan fingerprint density at radius 3 is 2.50 bits per heavy atom. The Hall–Kier alpha value is -1.89. The summed E-state index contributed by atoms with van der Waals surface area (Å²) in [5, 5.41) is 0. The molecule has 0 amide bonds. The molecule has 0 N–H and O–H groups in total. The van der Waals surface area contributed by atoms with E-state index in [9.17, 15) is 4.79 Å². The van der Waals surface area contributed by atoms with Gasteiger partial charge in [0.1, 0.15) is 5.78 Å². The molecule has 0 bridgehead atoms. The van der Waals surface area contributed by atoms with Crippen molar-refractivity contribution in [3.63, 3.8) is 0 Å². The number of allylic oxidation sites excluding steroid dienone is 6. The van der Waals surface area contributed by atoms with Crippen molar-refractivity contribution in [1.82, 2.24) is 0 Å².